The molecule has 3 aromatic rings. The van der Waals surface area contributed by atoms with Crippen molar-refractivity contribution >= 4 is 22.4 Å². The molecule has 0 atom stereocenters. The monoisotopic (exact) mass is 285 g/mol. The molecule has 0 aliphatic carbocycles. The van der Waals surface area contributed by atoms with Gasteiger partial charge in [-0.2, -0.15) is 0 Å². The van der Waals surface area contributed by atoms with Crippen molar-refractivity contribution in [2.45, 2.75) is 6.54 Å². The van der Waals surface area contributed by atoms with Crippen molar-refractivity contribution in [2.75, 3.05) is 0 Å². The van der Waals surface area contributed by atoms with Gasteiger partial charge in [-0.1, -0.05) is 48.0 Å². The Hall–Kier alpha value is -1.90. The van der Waals surface area contributed by atoms with Gasteiger partial charge >= 0.3 is 0 Å². The molecule has 0 saturated heterocycles. The first kappa shape index (κ1) is 13.1. The minimum Gasteiger partial charge on any atom is -0.326 e. The van der Waals surface area contributed by atoms with E-state index in [0.29, 0.717) is 10.6 Å². The lowest BCUT2D eigenvalue weighted by Gasteiger charge is -2.10. The third-order valence-electron chi connectivity index (χ3n) is 3.45. The summed E-state index contributed by atoms with van der Waals surface area (Å²) in [6.07, 6.45) is 0. The van der Waals surface area contributed by atoms with Crippen LogP contribution in [0.1, 0.15) is 5.56 Å². The van der Waals surface area contributed by atoms with Crippen LogP contribution in [0.5, 0.6) is 0 Å². The molecule has 0 unspecified atom stereocenters. The molecular weight excluding hydrogens is 273 g/mol. The molecule has 0 saturated carbocycles. The van der Waals surface area contributed by atoms with E-state index in [9.17, 15) is 4.39 Å². The van der Waals surface area contributed by atoms with Crippen LogP contribution in [0.25, 0.3) is 21.9 Å². The predicted octanol–water partition coefficient (Wildman–Crippen LogP) is 4.76. The smallest absolute Gasteiger partial charge is 0.127 e. The summed E-state index contributed by atoms with van der Waals surface area (Å²) in [5.74, 6) is -0.269. The normalized spacial score (nSPS) is 10.9. The van der Waals surface area contributed by atoms with Crippen molar-refractivity contribution in [2.24, 2.45) is 5.73 Å². The van der Waals surface area contributed by atoms with E-state index >= 15 is 0 Å². The third kappa shape index (κ3) is 2.17. The van der Waals surface area contributed by atoms with Crippen LogP contribution in [0.15, 0.2) is 54.6 Å². The Morgan fingerprint density at radius 3 is 2.45 bits per heavy atom. The molecule has 0 heterocycles. The van der Waals surface area contributed by atoms with Gasteiger partial charge in [-0.15, -0.1) is 0 Å². The van der Waals surface area contributed by atoms with Crippen molar-refractivity contribution in [1.29, 1.82) is 0 Å². The number of hydrogen-bond acceptors (Lipinski definition) is 1. The Bertz CT molecular complexity index is 783. The third-order valence-corrected chi connectivity index (χ3v) is 3.78. The molecule has 3 aromatic carbocycles. The van der Waals surface area contributed by atoms with Crippen molar-refractivity contribution < 1.29 is 4.39 Å². The summed E-state index contributed by atoms with van der Waals surface area (Å²) in [5.41, 5.74) is 8.06. The zero-order valence-corrected chi connectivity index (χ0v) is 11.5. The van der Waals surface area contributed by atoms with Gasteiger partial charge in [0.25, 0.3) is 0 Å². The molecule has 3 heteroatoms. The lowest BCUT2D eigenvalue weighted by atomic mass is 9.97. The highest BCUT2D eigenvalue weighted by Gasteiger charge is 2.08. The SMILES string of the molecule is NCc1cc(-c2ccc(Cl)c3ccccc23)ccc1F. The highest BCUT2D eigenvalue weighted by Crippen LogP contribution is 2.33. The number of rotatable bonds is 2. The van der Waals surface area contributed by atoms with Crippen molar-refractivity contribution in [3.8, 4) is 11.1 Å². The minimum absolute atomic E-state index is 0.186. The Morgan fingerprint density at radius 2 is 1.70 bits per heavy atom. The van der Waals surface area contributed by atoms with Crippen LogP contribution < -0.4 is 5.73 Å². The second-order valence-corrected chi connectivity index (χ2v) is 5.06. The van der Waals surface area contributed by atoms with Crippen LogP contribution in [0.2, 0.25) is 5.02 Å². The Balaban J connectivity index is 2.27. The minimum atomic E-state index is -0.269. The molecule has 100 valence electrons. The molecule has 0 aromatic heterocycles. The second-order valence-electron chi connectivity index (χ2n) is 4.65. The van der Waals surface area contributed by atoms with E-state index in [1.54, 1.807) is 12.1 Å². The van der Waals surface area contributed by atoms with Gasteiger partial charge < -0.3 is 5.73 Å². The topological polar surface area (TPSA) is 26.0 Å². The van der Waals surface area contributed by atoms with E-state index < -0.39 is 0 Å². The van der Waals surface area contributed by atoms with E-state index in [4.69, 9.17) is 17.3 Å². The van der Waals surface area contributed by atoms with E-state index in [1.165, 1.54) is 6.07 Å². The lowest BCUT2D eigenvalue weighted by Crippen LogP contribution is -1.99. The number of nitrogens with two attached hydrogens (primary N) is 1. The molecule has 20 heavy (non-hydrogen) atoms. The highest BCUT2D eigenvalue weighted by atomic mass is 35.5. The number of hydrogen-bond donors (Lipinski definition) is 1. The maximum atomic E-state index is 13.6. The lowest BCUT2D eigenvalue weighted by molar-refractivity contribution is 0.611. The first-order valence-corrected chi connectivity index (χ1v) is 6.74. The van der Waals surface area contributed by atoms with Crippen LogP contribution in [0.3, 0.4) is 0 Å². The molecule has 0 aliphatic rings. The molecule has 0 radical (unpaired) electrons. The first-order valence-electron chi connectivity index (χ1n) is 6.37. The van der Waals surface area contributed by atoms with Gasteiger partial charge in [-0.3, -0.25) is 0 Å². The van der Waals surface area contributed by atoms with E-state index in [2.05, 4.69) is 0 Å². The zero-order valence-electron chi connectivity index (χ0n) is 10.7. The number of fused-ring (bicyclic) bond motifs is 1. The van der Waals surface area contributed by atoms with Crippen molar-refractivity contribution in [3.63, 3.8) is 0 Å². The largest absolute Gasteiger partial charge is 0.326 e. The molecule has 3 rings (SSSR count). The van der Waals surface area contributed by atoms with Gasteiger partial charge in [-0.05, 0) is 34.7 Å². The molecular formula is C17H13ClFN. The van der Waals surface area contributed by atoms with Gasteiger partial charge in [0.05, 0.1) is 0 Å². The fourth-order valence-corrected chi connectivity index (χ4v) is 2.64. The molecule has 0 amide bonds. The Labute approximate surface area is 121 Å². The Morgan fingerprint density at radius 1 is 0.950 bits per heavy atom. The first-order chi connectivity index (χ1) is 9.70. The maximum Gasteiger partial charge on any atom is 0.127 e. The van der Waals surface area contributed by atoms with Gasteiger partial charge in [0.15, 0.2) is 0 Å². The molecule has 0 bridgehead atoms. The van der Waals surface area contributed by atoms with Gasteiger partial charge in [0, 0.05) is 22.5 Å². The summed E-state index contributed by atoms with van der Waals surface area (Å²) in [5, 5.41) is 2.75. The summed E-state index contributed by atoms with van der Waals surface area (Å²) in [7, 11) is 0. The zero-order chi connectivity index (χ0) is 14.1. The van der Waals surface area contributed by atoms with Crippen LogP contribution in [0, 0.1) is 5.82 Å². The predicted molar refractivity (Wildman–Crippen MR) is 82.2 cm³/mol. The summed E-state index contributed by atoms with van der Waals surface area (Å²) >= 11 is 6.22. The van der Waals surface area contributed by atoms with Crippen LogP contribution in [-0.4, -0.2) is 0 Å². The maximum absolute atomic E-state index is 13.6. The van der Waals surface area contributed by atoms with Crippen LogP contribution >= 0.6 is 11.6 Å². The molecule has 2 N–H and O–H groups in total. The second kappa shape index (κ2) is 5.23. The van der Waals surface area contributed by atoms with E-state index in [0.717, 1.165) is 21.9 Å². The summed E-state index contributed by atoms with van der Waals surface area (Å²) < 4.78 is 13.6. The summed E-state index contributed by atoms with van der Waals surface area (Å²) in [6.45, 7) is 0.186. The van der Waals surface area contributed by atoms with Crippen molar-refractivity contribution in [3.05, 3.63) is 71.0 Å². The number of benzene rings is 3. The van der Waals surface area contributed by atoms with Crippen LogP contribution in [0.4, 0.5) is 4.39 Å². The molecule has 0 aliphatic heterocycles. The van der Waals surface area contributed by atoms with Crippen LogP contribution in [-0.2, 0) is 6.54 Å². The molecule has 0 fully saturated rings. The van der Waals surface area contributed by atoms with Crippen molar-refractivity contribution in [1.82, 2.24) is 0 Å². The van der Waals surface area contributed by atoms with E-state index in [-0.39, 0.29) is 12.4 Å². The van der Waals surface area contributed by atoms with Gasteiger partial charge in [-0.25, -0.2) is 4.39 Å². The van der Waals surface area contributed by atoms with Gasteiger partial charge in [0.1, 0.15) is 5.82 Å². The fraction of sp³-hybridized carbons (Fsp3) is 0.0588. The molecule has 0 spiro atoms. The highest BCUT2D eigenvalue weighted by molar-refractivity contribution is 6.36. The summed E-state index contributed by atoms with van der Waals surface area (Å²) in [4.78, 5) is 0. The summed E-state index contributed by atoms with van der Waals surface area (Å²) in [6, 6.07) is 16.8. The van der Waals surface area contributed by atoms with Gasteiger partial charge in [0.2, 0.25) is 0 Å². The molecule has 1 nitrogen and oxygen atoms in total. The Kier molecular flexibility index (Phi) is 3.43. The fourth-order valence-electron chi connectivity index (χ4n) is 2.41. The van der Waals surface area contributed by atoms with E-state index in [1.807, 2.05) is 36.4 Å². The standard InChI is InChI=1S/C17H13ClFN/c18-16-7-6-13(14-3-1-2-4-15(14)16)11-5-8-17(19)12(9-11)10-20/h1-9H,10,20H2. The number of halogens is 2. The quantitative estimate of drug-likeness (QED) is 0.722. The average molecular weight is 286 g/mol. The average Bonchev–Trinajstić information content (AvgIpc) is 2.49.